The largest absolute Gasteiger partial charge is 0.460 e. The van der Waals surface area contributed by atoms with Crippen molar-refractivity contribution in [2.24, 2.45) is 41.4 Å². The maximum absolute atomic E-state index is 14.5. The highest BCUT2D eigenvalue weighted by Gasteiger charge is 2.54. The lowest BCUT2D eigenvalue weighted by Gasteiger charge is -2.44. The second kappa shape index (κ2) is 26.9. The Labute approximate surface area is 429 Å². The average Bonchev–Trinajstić information content (AvgIpc) is 3.35. The number of Topliss-reactive ketones (excluding diaryl/α,β-unsaturated/α-hetero) is 3. The maximum Gasteiger partial charge on any atom is 0.329 e. The number of hydrogen-bond acceptors (Lipinski definition) is 14. The monoisotopic (exact) mass is 1030 g/mol. The van der Waals surface area contributed by atoms with Crippen LogP contribution < -0.4 is 0 Å². The fourth-order valence-electron chi connectivity index (χ4n) is 11.6. The van der Waals surface area contributed by atoms with E-state index in [2.05, 4.69) is 0 Å². The number of fused-ring (bicyclic) bond motifs is 3. The van der Waals surface area contributed by atoms with Crippen LogP contribution in [0.3, 0.4) is 0 Å². The molecule has 1 aliphatic carbocycles. The molecule has 0 aromatic heterocycles. The van der Waals surface area contributed by atoms with Crippen LogP contribution in [0.1, 0.15) is 139 Å². The molecule has 5 aliphatic rings. The molecule has 2 bridgehead atoms. The number of piperidine rings is 1. The van der Waals surface area contributed by atoms with Gasteiger partial charge in [-0.3, -0.25) is 19.2 Å². The van der Waals surface area contributed by atoms with E-state index in [1.807, 2.05) is 58.9 Å². The van der Waals surface area contributed by atoms with E-state index in [9.17, 15) is 47.7 Å². The number of ether oxygens (including phenoxy) is 4. The smallest absolute Gasteiger partial charge is 0.329 e. The Balaban J connectivity index is 1.49. The van der Waals surface area contributed by atoms with Crippen molar-refractivity contribution in [2.75, 3.05) is 39.2 Å². The number of carbonyl (C=O) groups is 5. The topological polar surface area (TPSA) is 224 Å². The van der Waals surface area contributed by atoms with Gasteiger partial charge in [-0.1, -0.05) is 83.6 Å². The summed E-state index contributed by atoms with van der Waals surface area (Å²) in [7, 11) is -1.93. The Morgan fingerprint density at radius 1 is 0.889 bits per heavy atom. The van der Waals surface area contributed by atoms with Crippen LogP contribution in [0.25, 0.3) is 0 Å². The number of carbonyl (C=O) groups excluding carboxylic acids is 5. The minimum absolute atomic E-state index is 0.00400. The number of sulfonamides is 1. The number of esters is 1. The number of methoxy groups -OCH3 is 1. The summed E-state index contributed by atoms with van der Waals surface area (Å²) >= 11 is 0. The molecule has 406 valence electrons. The molecule has 3 N–H and O–H groups in total. The third kappa shape index (κ3) is 14.9. The molecule has 4 aliphatic heterocycles. The number of ketones is 3. The minimum Gasteiger partial charge on any atom is -0.460 e. The molecule has 5 rings (SSSR count). The van der Waals surface area contributed by atoms with Crippen molar-refractivity contribution in [2.45, 2.75) is 187 Å². The summed E-state index contributed by atoms with van der Waals surface area (Å²) < 4.78 is 51.7. The van der Waals surface area contributed by atoms with E-state index >= 15 is 0 Å². The van der Waals surface area contributed by atoms with Crippen molar-refractivity contribution in [3.05, 3.63) is 47.6 Å². The number of nitrogens with zero attached hydrogens (tertiary/aromatic N) is 2. The fourth-order valence-corrected chi connectivity index (χ4v) is 12.9. The van der Waals surface area contributed by atoms with Crippen LogP contribution in [0.5, 0.6) is 0 Å². The first-order valence-electron chi connectivity index (χ1n) is 26.7. The Kier molecular flexibility index (Phi) is 22.2. The lowest BCUT2D eigenvalue weighted by Crippen LogP contribution is -2.61. The van der Waals surface area contributed by atoms with Gasteiger partial charge in [0.2, 0.25) is 15.8 Å². The lowest BCUT2D eigenvalue weighted by molar-refractivity contribution is -0.264. The summed E-state index contributed by atoms with van der Waals surface area (Å²) in [4.78, 5) is 72.8. The summed E-state index contributed by atoms with van der Waals surface area (Å²) in [6.07, 6.45) is 13.2. The summed E-state index contributed by atoms with van der Waals surface area (Å²) in [5, 5.41) is 33.1. The number of aliphatic hydroxyl groups is 3. The first kappa shape index (κ1) is 59.5. The lowest BCUT2D eigenvalue weighted by atomic mass is 9.78. The molecule has 0 spiro atoms. The van der Waals surface area contributed by atoms with Gasteiger partial charge in [0.25, 0.3) is 11.7 Å². The quantitative estimate of drug-likeness (QED) is 0.133. The zero-order valence-electron chi connectivity index (χ0n) is 44.4. The van der Waals surface area contributed by atoms with E-state index in [-0.39, 0.29) is 92.2 Å². The molecule has 0 radical (unpaired) electrons. The summed E-state index contributed by atoms with van der Waals surface area (Å²) in [6, 6.07) is -1.84. The van der Waals surface area contributed by atoms with Crippen LogP contribution in [0, 0.1) is 41.4 Å². The van der Waals surface area contributed by atoms with Gasteiger partial charge in [0.15, 0.2) is 0 Å². The molecule has 4 heterocycles. The van der Waals surface area contributed by atoms with Crippen LogP contribution >= 0.6 is 0 Å². The number of hydrogen-bond donors (Lipinski definition) is 3. The van der Waals surface area contributed by atoms with Gasteiger partial charge in [-0.15, -0.1) is 0 Å². The van der Waals surface area contributed by atoms with E-state index in [4.69, 9.17) is 18.9 Å². The average molecular weight is 1030 g/mol. The standard InChI is InChI=1S/C55H86N2O14S/c1-10-43-50(60)38(6)28-34(2)16-12-11-13-17-35(3)45(57-24-27-72(57,66)67)32-42-21-19-40(8)55(65,71-42)52(62)53(63)56-23-15-14-18-44(56)54(64)70-48(33-46(59)36(4)29-39(7)51(43)61)37(5)30-41-20-22-47(69-26-25-58)49(31-41)68-9/h11-13,16-17,29,34,36-38,40-45,47-49,51,58,61,65H,10,14-15,18-28,30-33H2,1-9H3/b13-11+,16-12+,35-17+,39-29+. The second-order valence-electron chi connectivity index (χ2n) is 21.7. The first-order valence-corrected chi connectivity index (χ1v) is 28.3. The molecular weight excluding hydrogens is 945 g/mol. The molecule has 3 saturated heterocycles. The number of amides is 1. The molecule has 15 atom stereocenters. The van der Waals surface area contributed by atoms with Crippen LogP contribution in [0.2, 0.25) is 0 Å². The SMILES string of the molecule is CCC1C(=O)C(C)CC(C)/C=C/C=C/C=C(\C)C(N2CCS2(=O)=O)CC2CCC(C)C(O)(O2)C(=O)C(=O)N2CCCCC2C(=O)OC(C(C)CC2CCC(OCCO)C(OC)C2)CC(=O)C(C)/C=C(\C)C1O. The fraction of sp³-hybridized carbons (Fsp3) is 0.764. The third-order valence-electron chi connectivity index (χ3n) is 16.3. The minimum atomic E-state index is -3.55. The molecule has 17 heteroatoms. The molecule has 72 heavy (non-hydrogen) atoms. The molecular formula is C55H86N2O14S. The van der Waals surface area contributed by atoms with E-state index in [1.165, 1.54) is 4.31 Å². The predicted molar refractivity (Wildman–Crippen MR) is 272 cm³/mol. The van der Waals surface area contributed by atoms with Gasteiger partial charge in [-0.05, 0) is 114 Å². The van der Waals surface area contributed by atoms with Gasteiger partial charge >= 0.3 is 5.97 Å². The van der Waals surface area contributed by atoms with Crippen molar-refractivity contribution in [3.8, 4) is 0 Å². The highest BCUT2D eigenvalue weighted by molar-refractivity contribution is 7.90. The molecule has 4 fully saturated rings. The van der Waals surface area contributed by atoms with Crippen molar-refractivity contribution in [3.63, 3.8) is 0 Å². The zero-order valence-corrected chi connectivity index (χ0v) is 45.2. The number of aliphatic hydroxyl groups excluding tert-OH is 2. The van der Waals surface area contributed by atoms with Crippen LogP contribution in [-0.2, 0) is 52.9 Å². The second-order valence-corrected chi connectivity index (χ2v) is 23.8. The van der Waals surface area contributed by atoms with Gasteiger partial charge < -0.3 is 39.2 Å². The van der Waals surface area contributed by atoms with Gasteiger partial charge in [-0.2, -0.15) is 4.31 Å². The van der Waals surface area contributed by atoms with Crippen LogP contribution in [0.15, 0.2) is 47.6 Å². The van der Waals surface area contributed by atoms with Crippen molar-refractivity contribution in [1.82, 2.24) is 9.21 Å². The third-order valence-corrected chi connectivity index (χ3v) is 18.1. The molecule has 0 aromatic rings. The van der Waals surface area contributed by atoms with Crippen molar-refractivity contribution >= 4 is 39.2 Å². The van der Waals surface area contributed by atoms with E-state index in [1.54, 1.807) is 40.0 Å². The van der Waals surface area contributed by atoms with E-state index in [0.29, 0.717) is 69.9 Å². The Morgan fingerprint density at radius 3 is 2.28 bits per heavy atom. The van der Waals surface area contributed by atoms with Crippen molar-refractivity contribution < 1.29 is 66.7 Å². The van der Waals surface area contributed by atoms with Gasteiger partial charge in [0.05, 0.1) is 43.4 Å². The normalized spacial score (nSPS) is 39.6. The molecule has 1 saturated carbocycles. The van der Waals surface area contributed by atoms with Gasteiger partial charge in [0, 0.05) is 56.3 Å². The molecule has 16 nitrogen and oxygen atoms in total. The number of allylic oxidation sites excluding steroid dienone is 6. The van der Waals surface area contributed by atoms with Gasteiger partial charge in [0.1, 0.15) is 23.7 Å². The Bertz CT molecular complexity index is 2120. The van der Waals surface area contributed by atoms with Crippen LogP contribution in [-0.4, -0.2) is 150 Å². The number of rotatable bonds is 9. The highest BCUT2D eigenvalue weighted by atomic mass is 32.2. The molecule has 0 aromatic carbocycles. The Morgan fingerprint density at radius 2 is 1.62 bits per heavy atom. The maximum atomic E-state index is 14.5. The predicted octanol–water partition coefficient (Wildman–Crippen LogP) is 6.21. The summed E-state index contributed by atoms with van der Waals surface area (Å²) in [5.74, 6) is -8.75. The van der Waals surface area contributed by atoms with Crippen molar-refractivity contribution in [1.29, 1.82) is 0 Å². The molecule has 15 unspecified atom stereocenters. The summed E-state index contributed by atoms with van der Waals surface area (Å²) in [6.45, 7) is 15.0. The van der Waals surface area contributed by atoms with E-state index in [0.717, 1.165) is 16.9 Å². The highest BCUT2D eigenvalue weighted by Crippen LogP contribution is 2.39. The first-order chi connectivity index (χ1) is 34.1. The summed E-state index contributed by atoms with van der Waals surface area (Å²) in [5.41, 5.74) is 1.20. The van der Waals surface area contributed by atoms with E-state index < -0.39 is 81.6 Å². The Hall–Kier alpha value is -3.42. The molecule has 1 amide bonds. The van der Waals surface area contributed by atoms with Crippen LogP contribution in [0.4, 0.5) is 0 Å². The number of cyclic esters (lactones) is 1. The van der Waals surface area contributed by atoms with Gasteiger partial charge in [-0.25, -0.2) is 13.2 Å². The zero-order chi connectivity index (χ0) is 53.1.